The molecule has 0 bridgehead atoms. The highest BCUT2D eigenvalue weighted by atomic mass is 16.3. The van der Waals surface area contributed by atoms with Crippen LogP contribution < -0.4 is 5.32 Å². The quantitative estimate of drug-likeness (QED) is 0.744. The maximum atomic E-state index is 9.96. The number of hydrogen-bond donors (Lipinski definition) is 2. The standard InChI is InChI=1S/C14H30N2O/c1-5-11(3)14(17)9-15-13-7-8-16(6-2)10-12(13)4/h11-15,17H,5-10H2,1-4H3. The third-order valence-electron chi connectivity index (χ3n) is 4.33. The number of piperidine rings is 1. The number of rotatable bonds is 6. The van der Waals surface area contributed by atoms with Crippen molar-refractivity contribution in [1.82, 2.24) is 10.2 Å². The fourth-order valence-corrected chi connectivity index (χ4v) is 2.57. The first-order chi connectivity index (χ1) is 8.08. The van der Waals surface area contributed by atoms with Gasteiger partial charge in [-0.1, -0.05) is 34.1 Å². The summed E-state index contributed by atoms with van der Waals surface area (Å²) in [5, 5.41) is 13.5. The molecular formula is C14H30N2O. The van der Waals surface area contributed by atoms with Gasteiger partial charge in [-0.15, -0.1) is 0 Å². The van der Waals surface area contributed by atoms with E-state index >= 15 is 0 Å². The molecule has 2 N–H and O–H groups in total. The Hall–Kier alpha value is -0.120. The largest absolute Gasteiger partial charge is 0.392 e. The Morgan fingerprint density at radius 3 is 2.65 bits per heavy atom. The summed E-state index contributed by atoms with van der Waals surface area (Å²) in [4.78, 5) is 2.51. The first kappa shape index (κ1) is 14.9. The van der Waals surface area contributed by atoms with Crippen molar-refractivity contribution in [1.29, 1.82) is 0 Å². The van der Waals surface area contributed by atoms with Gasteiger partial charge in [-0.2, -0.15) is 0 Å². The van der Waals surface area contributed by atoms with Crippen LogP contribution in [0.15, 0.2) is 0 Å². The summed E-state index contributed by atoms with van der Waals surface area (Å²) < 4.78 is 0. The van der Waals surface area contributed by atoms with E-state index in [1.807, 2.05) is 0 Å². The van der Waals surface area contributed by atoms with E-state index in [1.165, 1.54) is 19.5 Å². The predicted octanol–water partition coefficient (Wildman–Crippen LogP) is 1.71. The molecule has 4 unspecified atom stereocenters. The van der Waals surface area contributed by atoms with Crippen molar-refractivity contribution in [2.75, 3.05) is 26.2 Å². The summed E-state index contributed by atoms with van der Waals surface area (Å²) >= 11 is 0. The normalized spacial score (nSPS) is 30.2. The van der Waals surface area contributed by atoms with Gasteiger partial charge in [0.05, 0.1) is 6.10 Å². The number of nitrogens with one attached hydrogen (secondary N) is 1. The van der Waals surface area contributed by atoms with Crippen molar-refractivity contribution >= 4 is 0 Å². The van der Waals surface area contributed by atoms with E-state index in [1.54, 1.807) is 0 Å². The molecule has 0 amide bonds. The lowest BCUT2D eigenvalue weighted by atomic mass is 9.93. The zero-order chi connectivity index (χ0) is 12.8. The molecule has 1 saturated heterocycles. The van der Waals surface area contributed by atoms with E-state index in [4.69, 9.17) is 0 Å². The van der Waals surface area contributed by atoms with Gasteiger partial charge in [0, 0.05) is 19.1 Å². The van der Waals surface area contributed by atoms with Gasteiger partial charge in [0.2, 0.25) is 0 Å². The molecule has 1 fully saturated rings. The molecular weight excluding hydrogens is 212 g/mol. The molecule has 0 spiro atoms. The Kier molecular flexibility index (Phi) is 6.45. The van der Waals surface area contributed by atoms with Gasteiger partial charge < -0.3 is 15.3 Å². The second kappa shape index (κ2) is 7.34. The molecule has 4 atom stereocenters. The van der Waals surface area contributed by atoms with Crippen LogP contribution in [0.1, 0.15) is 40.5 Å². The van der Waals surface area contributed by atoms with E-state index in [-0.39, 0.29) is 6.10 Å². The molecule has 0 radical (unpaired) electrons. The van der Waals surface area contributed by atoms with Crippen LogP contribution in [0.5, 0.6) is 0 Å². The zero-order valence-electron chi connectivity index (χ0n) is 11.9. The first-order valence-electron chi connectivity index (χ1n) is 7.22. The summed E-state index contributed by atoms with van der Waals surface area (Å²) in [5.41, 5.74) is 0. The Morgan fingerprint density at radius 1 is 1.41 bits per heavy atom. The van der Waals surface area contributed by atoms with Crippen molar-refractivity contribution < 1.29 is 5.11 Å². The molecule has 3 heteroatoms. The van der Waals surface area contributed by atoms with E-state index in [2.05, 4.69) is 37.9 Å². The van der Waals surface area contributed by atoms with E-state index < -0.39 is 0 Å². The van der Waals surface area contributed by atoms with Gasteiger partial charge in [-0.05, 0) is 31.3 Å². The minimum Gasteiger partial charge on any atom is -0.392 e. The van der Waals surface area contributed by atoms with Crippen LogP contribution in [0.3, 0.4) is 0 Å². The summed E-state index contributed by atoms with van der Waals surface area (Å²) in [6, 6.07) is 0.580. The number of hydrogen-bond acceptors (Lipinski definition) is 3. The fourth-order valence-electron chi connectivity index (χ4n) is 2.57. The summed E-state index contributed by atoms with van der Waals surface area (Å²) in [6.45, 7) is 13.1. The highest BCUT2D eigenvalue weighted by molar-refractivity contribution is 4.83. The van der Waals surface area contributed by atoms with E-state index in [0.29, 0.717) is 17.9 Å². The van der Waals surface area contributed by atoms with Crippen LogP contribution in [0, 0.1) is 11.8 Å². The predicted molar refractivity (Wildman–Crippen MR) is 73.1 cm³/mol. The number of nitrogens with zero attached hydrogens (tertiary/aromatic N) is 1. The smallest absolute Gasteiger partial charge is 0.0690 e. The molecule has 1 aliphatic heterocycles. The molecule has 1 aliphatic rings. The molecule has 0 aromatic rings. The van der Waals surface area contributed by atoms with Crippen molar-refractivity contribution in [3.05, 3.63) is 0 Å². The molecule has 0 aliphatic carbocycles. The van der Waals surface area contributed by atoms with Gasteiger partial charge in [0.25, 0.3) is 0 Å². The first-order valence-corrected chi connectivity index (χ1v) is 7.22. The molecule has 102 valence electrons. The van der Waals surface area contributed by atoms with E-state index in [0.717, 1.165) is 19.5 Å². The van der Waals surface area contributed by atoms with Gasteiger partial charge in [0.15, 0.2) is 0 Å². The van der Waals surface area contributed by atoms with Gasteiger partial charge in [-0.3, -0.25) is 0 Å². The lowest BCUT2D eigenvalue weighted by Crippen LogP contribution is -2.50. The highest BCUT2D eigenvalue weighted by Crippen LogP contribution is 2.17. The Labute approximate surface area is 107 Å². The fraction of sp³-hybridized carbons (Fsp3) is 1.00. The SMILES string of the molecule is CCC(C)C(O)CNC1CCN(CC)CC1C. The van der Waals surface area contributed by atoms with Crippen LogP contribution in [0.4, 0.5) is 0 Å². The van der Waals surface area contributed by atoms with Crippen LogP contribution in [0.25, 0.3) is 0 Å². The molecule has 0 saturated carbocycles. The number of aliphatic hydroxyl groups is 1. The van der Waals surface area contributed by atoms with Crippen LogP contribution in [-0.2, 0) is 0 Å². The summed E-state index contributed by atoms with van der Waals surface area (Å²) in [5.74, 6) is 1.08. The Balaban J connectivity index is 2.28. The molecule has 1 heterocycles. The number of aliphatic hydroxyl groups excluding tert-OH is 1. The maximum Gasteiger partial charge on any atom is 0.0690 e. The number of likely N-dealkylation sites (tertiary alicyclic amines) is 1. The topological polar surface area (TPSA) is 35.5 Å². The van der Waals surface area contributed by atoms with E-state index in [9.17, 15) is 5.11 Å². The van der Waals surface area contributed by atoms with Crippen LogP contribution in [0.2, 0.25) is 0 Å². The molecule has 1 rings (SSSR count). The lowest BCUT2D eigenvalue weighted by Gasteiger charge is -2.37. The Morgan fingerprint density at radius 2 is 2.12 bits per heavy atom. The van der Waals surface area contributed by atoms with Gasteiger partial charge >= 0.3 is 0 Å². The minimum atomic E-state index is -0.198. The molecule has 3 nitrogen and oxygen atoms in total. The molecule has 0 aromatic heterocycles. The highest BCUT2D eigenvalue weighted by Gasteiger charge is 2.25. The lowest BCUT2D eigenvalue weighted by molar-refractivity contribution is 0.0937. The molecule has 0 aromatic carbocycles. The minimum absolute atomic E-state index is 0.198. The monoisotopic (exact) mass is 242 g/mol. The van der Waals surface area contributed by atoms with Crippen molar-refractivity contribution in [2.45, 2.75) is 52.7 Å². The van der Waals surface area contributed by atoms with Crippen LogP contribution in [-0.4, -0.2) is 48.3 Å². The van der Waals surface area contributed by atoms with Crippen LogP contribution >= 0.6 is 0 Å². The van der Waals surface area contributed by atoms with Crippen molar-refractivity contribution in [3.63, 3.8) is 0 Å². The second-order valence-corrected chi connectivity index (χ2v) is 5.63. The van der Waals surface area contributed by atoms with Crippen molar-refractivity contribution in [3.8, 4) is 0 Å². The van der Waals surface area contributed by atoms with Gasteiger partial charge in [-0.25, -0.2) is 0 Å². The second-order valence-electron chi connectivity index (χ2n) is 5.63. The average Bonchev–Trinajstić information content (AvgIpc) is 2.35. The molecule has 17 heavy (non-hydrogen) atoms. The third kappa shape index (κ3) is 4.57. The average molecular weight is 242 g/mol. The Bertz CT molecular complexity index is 210. The maximum absolute atomic E-state index is 9.96. The third-order valence-corrected chi connectivity index (χ3v) is 4.33. The summed E-state index contributed by atoms with van der Waals surface area (Å²) in [7, 11) is 0. The summed E-state index contributed by atoms with van der Waals surface area (Å²) in [6.07, 6.45) is 2.06. The zero-order valence-corrected chi connectivity index (χ0v) is 11.9. The van der Waals surface area contributed by atoms with Crippen molar-refractivity contribution in [2.24, 2.45) is 11.8 Å². The van der Waals surface area contributed by atoms with Gasteiger partial charge in [0.1, 0.15) is 0 Å².